The summed E-state index contributed by atoms with van der Waals surface area (Å²) >= 11 is 0. The van der Waals surface area contributed by atoms with Crippen molar-refractivity contribution in [3.8, 4) is 17.2 Å². The Hall–Kier alpha value is -3.69. The molecule has 0 aliphatic heterocycles. The molecule has 0 spiro atoms. The molecule has 0 amide bonds. The molecule has 146 valence electrons. The first kappa shape index (κ1) is 19.1. The van der Waals surface area contributed by atoms with E-state index in [-0.39, 0.29) is 29.6 Å². The number of nitro benzene ring substituents is 1. The number of esters is 1. The zero-order chi connectivity index (χ0) is 19.9. The van der Waals surface area contributed by atoms with Gasteiger partial charge in [-0.2, -0.15) is 5.10 Å². The van der Waals surface area contributed by atoms with Crippen molar-refractivity contribution < 1.29 is 23.6 Å². The van der Waals surface area contributed by atoms with Crippen molar-refractivity contribution in [2.75, 3.05) is 13.2 Å². The number of carbonyl (C=O) groups excluding carboxylic acids is 1. The molecule has 0 saturated heterocycles. The Bertz CT molecular complexity index is 964. The summed E-state index contributed by atoms with van der Waals surface area (Å²) in [5, 5.41) is 15.2. The first-order valence-electron chi connectivity index (χ1n) is 8.60. The molecule has 3 aromatic rings. The standard InChI is InChI=1S/C18H18N4O6/c1-2-26-18(23)14-12-28-17(20-14)13-10-19-21(11-13)8-5-9-27-16-7-4-3-6-15(16)22(24)25/h3-4,6-7,10-12H,2,5,8-9H2,1H3. The number of para-hydroxylation sites is 2. The van der Waals surface area contributed by atoms with E-state index in [4.69, 9.17) is 13.9 Å². The summed E-state index contributed by atoms with van der Waals surface area (Å²) in [6.07, 6.45) is 5.13. The van der Waals surface area contributed by atoms with Crippen LogP contribution in [0, 0.1) is 10.1 Å². The number of aryl methyl sites for hydroxylation is 1. The Balaban J connectivity index is 1.53. The molecule has 3 rings (SSSR count). The topological polar surface area (TPSA) is 123 Å². The number of rotatable bonds is 9. The zero-order valence-electron chi connectivity index (χ0n) is 15.1. The van der Waals surface area contributed by atoms with Gasteiger partial charge in [0, 0.05) is 25.2 Å². The number of ether oxygens (including phenoxy) is 2. The van der Waals surface area contributed by atoms with Crippen molar-refractivity contribution in [1.29, 1.82) is 0 Å². The van der Waals surface area contributed by atoms with Gasteiger partial charge in [-0.15, -0.1) is 0 Å². The molecule has 0 saturated carbocycles. The average molecular weight is 386 g/mol. The van der Waals surface area contributed by atoms with Crippen molar-refractivity contribution in [2.45, 2.75) is 19.9 Å². The van der Waals surface area contributed by atoms with Crippen molar-refractivity contribution in [3.63, 3.8) is 0 Å². The maximum absolute atomic E-state index is 11.6. The molecule has 28 heavy (non-hydrogen) atoms. The van der Waals surface area contributed by atoms with Crippen LogP contribution in [0.25, 0.3) is 11.5 Å². The van der Waals surface area contributed by atoms with Gasteiger partial charge in [0.15, 0.2) is 11.4 Å². The lowest BCUT2D eigenvalue weighted by molar-refractivity contribution is -0.385. The van der Waals surface area contributed by atoms with Crippen LogP contribution in [0.2, 0.25) is 0 Å². The van der Waals surface area contributed by atoms with Gasteiger partial charge < -0.3 is 13.9 Å². The normalized spacial score (nSPS) is 10.6. The van der Waals surface area contributed by atoms with Crippen molar-refractivity contribution in [1.82, 2.24) is 14.8 Å². The van der Waals surface area contributed by atoms with Gasteiger partial charge in [-0.05, 0) is 13.0 Å². The molecule has 0 bridgehead atoms. The van der Waals surface area contributed by atoms with Gasteiger partial charge in [0.1, 0.15) is 6.26 Å². The minimum atomic E-state index is -0.544. The molecule has 0 N–H and O–H groups in total. The van der Waals surface area contributed by atoms with Crippen LogP contribution >= 0.6 is 0 Å². The number of aromatic nitrogens is 3. The third-order valence-electron chi connectivity index (χ3n) is 3.72. The summed E-state index contributed by atoms with van der Waals surface area (Å²) in [4.78, 5) is 26.2. The van der Waals surface area contributed by atoms with Crippen molar-refractivity contribution >= 4 is 11.7 Å². The van der Waals surface area contributed by atoms with E-state index in [1.165, 1.54) is 12.3 Å². The lowest BCUT2D eigenvalue weighted by Crippen LogP contribution is -2.06. The lowest BCUT2D eigenvalue weighted by atomic mass is 10.3. The Morgan fingerprint density at radius 3 is 2.96 bits per heavy atom. The molecule has 10 heteroatoms. The largest absolute Gasteiger partial charge is 0.487 e. The van der Waals surface area contributed by atoms with E-state index in [1.807, 2.05) is 0 Å². The predicted octanol–water partition coefficient (Wildman–Crippen LogP) is 3.09. The van der Waals surface area contributed by atoms with Crippen molar-refractivity contribution in [3.05, 3.63) is 58.7 Å². The van der Waals surface area contributed by atoms with E-state index >= 15 is 0 Å². The van der Waals surface area contributed by atoms with E-state index in [0.29, 0.717) is 25.1 Å². The van der Waals surface area contributed by atoms with Gasteiger partial charge >= 0.3 is 11.7 Å². The molecule has 2 aromatic heterocycles. The van der Waals surface area contributed by atoms with E-state index < -0.39 is 10.9 Å². The number of oxazole rings is 1. The van der Waals surface area contributed by atoms with Crippen LogP contribution in [0.1, 0.15) is 23.8 Å². The van der Waals surface area contributed by atoms with Gasteiger partial charge in [-0.1, -0.05) is 12.1 Å². The highest BCUT2D eigenvalue weighted by Crippen LogP contribution is 2.26. The van der Waals surface area contributed by atoms with Gasteiger partial charge in [0.05, 0.1) is 29.9 Å². The third-order valence-corrected chi connectivity index (χ3v) is 3.72. The molecule has 0 aliphatic carbocycles. The van der Waals surface area contributed by atoms with Gasteiger partial charge in [0.25, 0.3) is 0 Å². The lowest BCUT2D eigenvalue weighted by Gasteiger charge is -2.06. The monoisotopic (exact) mass is 386 g/mol. The van der Waals surface area contributed by atoms with E-state index in [0.717, 1.165) is 0 Å². The van der Waals surface area contributed by atoms with Crippen LogP contribution in [0.4, 0.5) is 5.69 Å². The highest BCUT2D eigenvalue weighted by atomic mass is 16.6. The maximum Gasteiger partial charge on any atom is 0.360 e. The molecule has 0 atom stereocenters. The van der Waals surface area contributed by atoms with Crippen LogP contribution in [0.5, 0.6) is 5.75 Å². The van der Waals surface area contributed by atoms with Crippen LogP contribution in [-0.2, 0) is 11.3 Å². The van der Waals surface area contributed by atoms with Crippen LogP contribution in [0.3, 0.4) is 0 Å². The Morgan fingerprint density at radius 2 is 2.18 bits per heavy atom. The number of benzene rings is 1. The first-order chi connectivity index (χ1) is 13.6. The summed E-state index contributed by atoms with van der Waals surface area (Å²) in [6.45, 7) is 2.80. The van der Waals surface area contributed by atoms with E-state index in [1.54, 1.807) is 42.2 Å². The average Bonchev–Trinajstić information content (AvgIpc) is 3.35. The van der Waals surface area contributed by atoms with Crippen molar-refractivity contribution in [2.24, 2.45) is 0 Å². The molecule has 0 radical (unpaired) electrons. The highest BCUT2D eigenvalue weighted by molar-refractivity contribution is 5.87. The second kappa shape index (κ2) is 8.80. The summed E-state index contributed by atoms with van der Waals surface area (Å²) in [7, 11) is 0. The fraction of sp³-hybridized carbons (Fsp3) is 0.278. The number of carbonyl (C=O) groups is 1. The second-order valence-corrected chi connectivity index (χ2v) is 5.68. The molecule has 0 fully saturated rings. The molecule has 10 nitrogen and oxygen atoms in total. The summed E-state index contributed by atoms with van der Waals surface area (Å²) < 4.78 is 17.3. The maximum atomic E-state index is 11.6. The molecular formula is C18H18N4O6. The fourth-order valence-electron chi connectivity index (χ4n) is 2.44. The minimum absolute atomic E-state index is 0.0647. The Labute approximate surface area is 159 Å². The first-order valence-corrected chi connectivity index (χ1v) is 8.60. The van der Waals surface area contributed by atoms with Gasteiger partial charge in [-0.25, -0.2) is 9.78 Å². The zero-order valence-corrected chi connectivity index (χ0v) is 15.1. The number of nitro groups is 1. The SMILES string of the molecule is CCOC(=O)c1coc(-c2cnn(CCCOc3ccccc3[N+](=O)[O-])c2)n1. The quantitative estimate of drug-likeness (QED) is 0.238. The summed E-state index contributed by atoms with van der Waals surface area (Å²) in [5.74, 6) is -0.0394. The Morgan fingerprint density at radius 1 is 1.36 bits per heavy atom. The van der Waals surface area contributed by atoms with Crippen LogP contribution < -0.4 is 4.74 Å². The third kappa shape index (κ3) is 4.53. The van der Waals surface area contributed by atoms with Crippen LogP contribution in [-0.4, -0.2) is 38.9 Å². The van der Waals surface area contributed by atoms with Crippen LogP contribution in [0.15, 0.2) is 47.3 Å². The minimum Gasteiger partial charge on any atom is -0.487 e. The number of hydrogen-bond acceptors (Lipinski definition) is 8. The molecule has 1 aromatic carbocycles. The van der Waals surface area contributed by atoms with Gasteiger partial charge in [-0.3, -0.25) is 14.8 Å². The summed E-state index contributed by atoms with van der Waals surface area (Å²) in [5.41, 5.74) is 0.655. The molecular weight excluding hydrogens is 368 g/mol. The Kier molecular flexibility index (Phi) is 6.00. The molecule has 0 unspecified atom stereocenters. The van der Waals surface area contributed by atoms with E-state index in [9.17, 15) is 14.9 Å². The predicted molar refractivity (Wildman–Crippen MR) is 96.9 cm³/mol. The highest BCUT2D eigenvalue weighted by Gasteiger charge is 2.16. The van der Waals surface area contributed by atoms with E-state index in [2.05, 4.69) is 10.1 Å². The second-order valence-electron chi connectivity index (χ2n) is 5.68. The van der Waals surface area contributed by atoms with Gasteiger partial charge in [0.2, 0.25) is 5.89 Å². The molecule has 0 aliphatic rings. The fourth-order valence-corrected chi connectivity index (χ4v) is 2.44. The summed E-state index contributed by atoms with van der Waals surface area (Å²) in [6, 6.07) is 6.24. The number of hydrogen-bond donors (Lipinski definition) is 0. The number of nitrogens with zero attached hydrogens (tertiary/aromatic N) is 4. The smallest absolute Gasteiger partial charge is 0.360 e. The molecule has 2 heterocycles.